The summed E-state index contributed by atoms with van der Waals surface area (Å²) in [5.74, 6) is -0.538. The van der Waals surface area contributed by atoms with Gasteiger partial charge in [0.25, 0.3) is 0 Å². The molecule has 1 aromatic heterocycles. The van der Waals surface area contributed by atoms with Gasteiger partial charge in [-0.2, -0.15) is 0 Å². The summed E-state index contributed by atoms with van der Waals surface area (Å²) in [6.07, 6.45) is 10.0. The number of amides is 1. The minimum atomic E-state index is -0.546. The lowest BCUT2D eigenvalue weighted by molar-refractivity contribution is -0.123. The molecule has 2 N–H and O–H groups in total. The van der Waals surface area contributed by atoms with Crippen LogP contribution >= 0.6 is 0 Å². The molecule has 1 unspecified atom stereocenters. The number of carbonyl (C=O) groups excluding carboxylic acids is 2. The van der Waals surface area contributed by atoms with Crippen LogP contribution in [0.15, 0.2) is 78.2 Å². The summed E-state index contributed by atoms with van der Waals surface area (Å²) in [4.78, 5) is 32.6. The third kappa shape index (κ3) is 8.28. The smallest absolute Gasteiger partial charge is 0.337 e. The molecule has 1 aromatic carbocycles. The van der Waals surface area contributed by atoms with Gasteiger partial charge >= 0.3 is 5.97 Å². The van der Waals surface area contributed by atoms with Gasteiger partial charge < -0.3 is 15.4 Å². The zero-order chi connectivity index (χ0) is 23.2. The van der Waals surface area contributed by atoms with E-state index in [0.29, 0.717) is 25.1 Å². The summed E-state index contributed by atoms with van der Waals surface area (Å²) in [5.41, 5.74) is 3.44. The molecule has 0 aliphatic rings. The van der Waals surface area contributed by atoms with Crippen molar-refractivity contribution < 1.29 is 14.3 Å². The van der Waals surface area contributed by atoms with E-state index >= 15 is 0 Å². The molecule has 1 atom stereocenters. The van der Waals surface area contributed by atoms with Crippen molar-refractivity contribution in [2.24, 2.45) is 4.99 Å². The quantitative estimate of drug-likeness (QED) is 0.395. The van der Waals surface area contributed by atoms with Gasteiger partial charge in [-0.25, -0.2) is 4.79 Å². The molecule has 2 aromatic rings. The van der Waals surface area contributed by atoms with Crippen LogP contribution in [0.3, 0.4) is 0 Å². The van der Waals surface area contributed by atoms with Crippen LogP contribution in [0.1, 0.15) is 40.9 Å². The van der Waals surface area contributed by atoms with Gasteiger partial charge in [0.2, 0.25) is 5.91 Å². The molecule has 0 aliphatic carbocycles. The van der Waals surface area contributed by atoms with Gasteiger partial charge in [0.15, 0.2) is 0 Å². The first-order valence-electron chi connectivity index (χ1n) is 10.4. The largest absolute Gasteiger partial charge is 0.465 e. The lowest BCUT2D eigenvalue weighted by Gasteiger charge is -2.19. The maximum atomic E-state index is 13.0. The van der Waals surface area contributed by atoms with Crippen molar-refractivity contribution in [1.82, 2.24) is 15.6 Å². The first-order chi connectivity index (χ1) is 15.5. The van der Waals surface area contributed by atoms with E-state index in [2.05, 4.69) is 27.2 Å². The summed E-state index contributed by atoms with van der Waals surface area (Å²) in [7, 11) is 1.34. The molecule has 0 aliphatic heterocycles. The minimum absolute atomic E-state index is 0.127. The lowest BCUT2D eigenvalue weighted by Crippen LogP contribution is -2.39. The number of esters is 1. The van der Waals surface area contributed by atoms with Crippen molar-refractivity contribution in [3.63, 3.8) is 0 Å². The number of benzene rings is 1. The number of aromatic nitrogens is 1. The number of hydrogen-bond acceptors (Lipinski definition) is 6. The molecule has 2 rings (SSSR count). The normalized spacial score (nSPS) is 12.4. The Balaban J connectivity index is 2.04. The third-order valence-corrected chi connectivity index (χ3v) is 4.81. The highest BCUT2D eigenvalue weighted by atomic mass is 16.5. The van der Waals surface area contributed by atoms with Crippen molar-refractivity contribution in [3.8, 4) is 0 Å². The van der Waals surface area contributed by atoms with Crippen molar-refractivity contribution >= 4 is 18.1 Å². The number of hydrogen-bond donors (Lipinski definition) is 2. The van der Waals surface area contributed by atoms with Crippen LogP contribution in [0.4, 0.5) is 0 Å². The topological polar surface area (TPSA) is 92.7 Å². The van der Waals surface area contributed by atoms with Crippen molar-refractivity contribution in [2.75, 3.05) is 20.2 Å². The highest BCUT2D eigenvalue weighted by Gasteiger charge is 2.20. The Morgan fingerprint density at radius 2 is 1.88 bits per heavy atom. The molecule has 32 heavy (non-hydrogen) atoms. The first kappa shape index (κ1) is 24.7. The molecular weight excluding hydrogens is 404 g/mol. The van der Waals surface area contributed by atoms with Gasteiger partial charge in [0, 0.05) is 37.9 Å². The Morgan fingerprint density at radius 3 is 2.53 bits per heavy atom. The van der Waals surface area contributed by atoms with E-state index in [4.69, 9.17) is 4.74 Å². The summed E-state index contributed by atoms with van der Waals surface area (Å²) >= 11 is 0. The Labute approximate surface area is 189 Å². The van der Waals surface area contributed by atoms with Crippen LogP contribution in [0.5, 0.6) is 0 Å². The SMILES string of the molecule is C=C/N=C\C=C(/C)CCNC(=O)C(NCCc1ccncc1)c1ccc(C(=O)OC)cc1. The van der Waals surface area contributed by atoms with Crippen molar-refractivity contribution in [3.05, 3.63) is 89.9 Å². The second-order valence-corrected chi connectivity index (χ2v) is 7.14. The number of methoxy groups -OCH3 is 1. The Bertz CT molecular complexity index is 937. The van der Waals surface area contributed by atoms with E-state index in [9.17, 15) is 9.59 Å². The van der Waals surface area contributed by atoms with Crippen LogP contribution < -0.4 is 10.6 Å². The Morgan fingerprint density at radius 1 is 1.16 bits per heavy atom. The second-order valence-electron chi connectivity index (χ2n) is 7.14. The fourth-order valence-electron chi connectivity index (χ4n) is 3.00. The summed E-state index contributed by atoms with van der Waals surface area (Å²) in [6.45, 7) is 6.63. The third-order valence-electron chi connectivity index (χ3n) is 4.81. The van der Waals surface area contributed by atoms with Crippen LogP contribution in [-0.4, -0.2) is 43.3 Å². The van der Waals surface area contributed by atoms with E-state index in [1.165, 1.54) is 13.3 Å². The van der Waals surface area contributed by atoms with E-state index < -0.39 is 12.0 Å². The number of allylic oxidation sites excluding steroid dienone is 1. The van der Waals surface area contributed by atoms with Gasteiger partial charge in [-0.1, -0.05) is 24.3 Å². The number of aliphatic imine (C=N–C) groups is 1. The molecular formula is C25H30N4O3. The average Bonchev–Trinajstić information content (AvgIpc) is 2.82. The van der Waals surface area contributed by atoms with Gasteiger partial charge in [0.1, 0.15) is 6.04 Å². The maximum absolute atomic E-state index is 13.0. The van der Waals surface area contributed by atoms with Crippen LogP contribution in [0.25, 0.3) is 0 Å². The van der Waals surface area contributed by atoms with Crippen molar-refractivity contribution in [1.29, 1.82) is 0 Å². The second kappa shape index (κ2) is 13.7. The Hall–Kier alpha value is -3.58. The zero-order valence-electron chi connectivity index (χ0n) is 18.6. The van der Waals surface area contributed by atoms with Crippen molar-refractivity contribution in [2.45, 2.75) is 25.8 Å². The maximum Gasteiger partial charge on any atom is 0.337 e. The van der Waals surface area contributed by atoms with Gasteiger partial charge in [-0.15, -0.1) is 0 Å². The van der Waals surface area contributed by atoms with E-state index in [0.717, 1.165) is 23.1 Å². The first-order valence-corrected chi connectivity index (χ1v) is 10.4. The molecule has 0 saturated heterocycles. The summed E-state index contributed by atoms with van der Waals surface area (Å²) < 4.78 is 4.75. The van der Waals surface area contributed by atoms with E-state index in [1.807, 2.05) is 25.1 Å². The molecule has 0 fully saturated rings. The highest BCUT2D eigenvalue weighted by Crippen LogP contribution is 2.16. The fourth-order valence-corrected chi connectivity index (χ4v) is 3.00. The Kier molecular flexibility index (Phi) is 10.5. The summed E-state index contributed by atoms with van der Waals surface area (Å²) in [6, 6.07) is 10.2. The van der Waals surface area contributed by atoms with Gasteiger partial charge in [-0.05, 0) is 61.2 Å². The monoisotopic (exact) mass is 434 g/mol. The van der Waals surface area contributed by atoms with Crippen LogP contribution in [-0.2, 0) is 16.0 Å². The van der Waals surface area contributed by atoms with E-state index in [-0.39, 0.29) is 5.91 Å². The number of carbonyl (C=O) groups is 2. The molecule has 7 heteroatoms. The molecule has 0 radical (unpaired) electrons. The number of nitrogens with zero attached hydrogens (tertiary/aromatic N) is 2. The predicted octanol–water partition coefficient (Wildman–Crippen LogP) is 3.41. The standard InChI is InChI=1S/C25H30N4O3/c1-4-26-14-9-19(2)10-17-29-24(30)23(28-18-13-20-11-15-27-16-12-20)21-5-7-22(8-6-21)25(31)32-3/h4-9,11-12,14-16,23,28H,1,10,13,17-18H2,2-3H3,(H,29,30)/b19-9+,26-14-. The zero-order valence-corrected chi connectivity index (χ0v) is 18.6. The van der Waals surface area contributed by atoms with Crippen LogP contribution in [0.2, 0.25) is 0 Å². The molecule has 0 saturated carbocycles. The molecule has 0 bridgehead atoms. The average molecular weight is 435 g/mol. The highest BCUT2D eigenvalue weighted by molar-refractivity contribution is 5.89. The molecule has 7 nitrogen and oxygen atoms in total. The molecule has 1 amide bonds. The summed E-state index contributed by atoms with van der Waals surface area (Å²) in [5, 5.41) is 6.32. The predicted molar refractivity (Wildman–Crippen MR) is 127 cm³/mol. The molecule has 168 valence electrons. The number of nitrogens with one attached hydrogen (secondary N) is 2. The van der Waals surface area contributed by atoms with E-state index in [1.54, 1.807) is 42.9 Å². The number of ether oxygens (including phenoxy) is 1. The molecule has 0 spiro atoms. The van der Waals surface area contributed by atoms with Crippen LogP contribution in [0, 0.1) is 0 Å². The number of rotatable bonds is 12. The fraction of sp³-hybridized carbons (Fsp3) is 0.280. The van der Waals surface area contributed by atoms with Gasteiger partial charge in [-0.3, -0.25) is 14.8 Å². The molecule has 1 heterocycles. The minimum Gasteiger partial charge on any atom is -0.465 e. The lowest BCUT2D eigenvalue weighted by atomic mass is 10.0. The number of pyridine rings is 1. The van der Waals surface area contributed by atoms with Gasteiger partial charge in [0.05, 0.1) is 12.7 Å².